The highest BCUT2D eigenvalue weighted by Crippen LogP contribution is 2.26. The van der Waals surface area contributed by atoms with Crippen LogP contribution >= 0.6 is 0 Å². The van der Waals surface area contributed by atoms with Crippen molar-refractivity contribution in [3.05, 3.63) is 29.6 Å². The van der Waals surface area contributed by atoms with E-state index < -0.39 is 0 Å². The zero-order valence-electron chi connectivity index (χ0n) is 11.5. The normalized spacial score (nSPS) is 18.4. The molecule has 1 aliphatic heterocycles. The average molecular weight is 275 g/mol. The molecular formula is C15H18FN3O. The van der Waals surface area contributed by atoms with E-state index in [1.54, 1.807) is 12.1 Å². The minimum Gasteiger partial charge on any atom is -0.369 e. The summed E-state index contributed by atoms with van der Waals surface area (Å²) in [6, 6.07) is 6.50. The van der Waals surface area contributed by atoms with E-state index in [1.807, 2.05) is 11.0 Å². The van der Waals surface area contributed by atoms with Crippen LogP contribution in [-0.4, -0.2) is 25.5 Å². The molecule has 1 saturated heterocycles. The van der Waals surface area contributed by atoms with E-state index in [4.69, 9.17) is 5.26 Å². The Morgan fingerprint density at radius 3 is 3.05 bits per heavy atom. The largest absolute Gasteiger partial charge is 0.369 e. The SMILES string of the molecule is CC(=O)NCC1CCCN(c2ccc(C#N)cc2F)C1. The molecule has 1 atom stereocenters. The molecule has 20 heavy (non-hydrogen) atoms. The number of rotatable bonds is 3. The molecule has 0 bridgehead atoms. The van der Waals surface area contributed by atoms with Gasteiger partial charge in [0, 0.05) is 26.6 Å². The second-order valence-electron chi connectivity index (χ2n) is 5.17. The van der Waals surface area contributed by atoms with Crippen LogP contribution in [0.4, 0.5) is 10.1 Å². The summed E-state index contributed by atoms with van der Waals surface area (Å²) in [6.07, 6.45) is 2.01. The highest BCUT2D eigenvalue weighted by molar-refractivity contribution is 5.72. The molecule has 1 fully saturated rings. The van der Waals surface area contributed by atoms with Crippen LogP contribution in [0.1, 0.15) is 25.3 Å². The number of benzene rings is 1. The number of amides is 1. The maximum Gasteiger partial charge on any atom is 0.216 e. The number of anilines is 1. The highest BCUT2D eigenvalue weighted by Gasteiger charge is 2.22. The fraction of sp³-hybridized carbons (Fsp3) is 0.467. The van der Waals surface area contributed by atoms with E-state index in [0.29, 0.717) is 23.7 Å². The first-order chi connectivity index (χ1) is 9.60. The molecule has 2 rings (SSSR count). The number of carbonyl (C=O) groups is 1. The van der Waals surface area contributed by atoms with Crippen LogP contribution < -0.4 is 10.2 Å². The molecule has 106 valence electrons. The smallest absolute Gasteiger partial charge is 0.216 e. The predicted molar refractivity (Wildman–Crippen MR) is 74.7 cm³/mol. The topological polar surface area (TPSA) is 56.1 Å². The Morgan fingerprint density at radius 1 is 1.60 bits per heavy atom. The van der Waals surface area contributed by atoms with Crippen molar-refractivity contribution in [2.45, 2.75) is 19.8 Å². The van der Waals surface area contributed by atoms with Crippen molar-refractivity contribution in [2.24, 2.45) is 5.92 Å². The van der Waals surface area contributed by atoms with Crippen LogP contribution in [0.2, 0.25) is 0 Å². The Balaban J connectivity index is 2.05. The standard InChI is InChI=1S/C15H18FN3O/c1-11(20)18-9-13-3-2-6-19(10-13)15-5-4-12(8-17)7-14(15)16/h4-5,7,13H,2-3,6,9-10H2,1H3,(H,18,20). The summed E-state index contributed by atoms with van der Waals surface area (Å²) in [7, 11) is 0. The Kier molecular flexibility index (Phi) is 4.57. The predicted octanol–water partition coefficient (Wildman–Crippen LogP) is 2.05. The minimum absolute atomic E-state index is 0.0355. The van der Waals surface area contributed by atoms with Gasteiger partial charge in [-0.2, -0.15) is 5.26 Å². The van der Waals surface area contributed by atoms with E-state index in [0.717, 1.165) is 25.9 Å². The zero-order chi connectivity index (χ0) is 14.5. The lowest BCUT2D eigenvalue weighted by molar-refractivity contribution is -0.119. The number of nitrogens with zero attached hydrogens (tertiary/aromatic N) is 2. The lowest BCUT2D eigenvalue weighted by atomic mass is 9.97. The third-order valence-electron chi connectivity index (χ3n) is 3.58. The van der Waals surface area contributed by atoms with E-state index in [2.05, 4.69) is 5.32 Å². The van der Waals surface area contributed by atoms with E-state index in [-0.39, 0.29) is 11.7 Å². The zero-order valence-corrected chi connectivity index (χ0v) is 11.5. The van der Waals surface area contributed by atoms with Crippen LogP contribution in [0.3, 0.4) is 0 Å². The van der Waals surface area contributed by atoms with Crippen molar-refractivity contribution < 1.29 is 9.18 Å². The van der Waals surface area contributed by atoms with E-state index >= 15 is 0 Å². The van der Waals surface area contributed by atoms with Gasteiger partial charge in [-0.15, -0.1) is 0 Å². The molecule has 0 spiro atoms. The van der Waals surface area contributed by atoms with Gasteiger partial charge in [-0.3, -0.25) is 4.79 Å². The summed E-state index contributed by atoms with van der Waals surface area (Å²) in [6.45, 7) is 3.66. The van der Waals surface area contributed by atoms with Crippen LogP contribution in [0, 0.1) is 23.1 Å². The van der Waals surface area contributed by atoms with Gasteiger partial charge in [0.05, 0.1) is 17.3 Å². The highest BCUT2D eigenvalue weighted by atomic mass is 19.1. The Bertz CT molecular complexity index is 538. The Labute approximate surface area is 118 Å². The van der Waals surface area contributed by atoms with Gasteiger partial charge in [-0.1, -0.05) is 0 Å². The third-order valence-corrected chi connectivity index (χ3v) is 3.58. The molecular weight excluding hydrogens is 257 g/mol. The number of nitrogens with one attached hydrogen (secondary N) is 1. The average Bonchev–Trinajstić information content (AvgIpc) is 2.45. The third kappa shape index (κ3) is 3.47. The summed E-state index contributed by atoms with van der Waals surface area (Å²) in [5, 5.41) is 11.6. The first-order valence-electron chi connectivity index (χ1n) is 6.79. The molecule has 0 aromatic heterocycles. The van der Waals surface area contributed by atoms with Crippen molar-refractivity contribution in [3.8, 4) is 6.07 Å². The van der Waals surface area contributed by atoms with Crippen molar-refractivity contribution in [2.75, 3.05) is 24.5 Å². The fourth-order valence-electron chi connectivity index (χ4n) is 2.57. The van der Waals surface area contributed by atoms with Gasteiger partial charge in [-0.05, 0) is 37.0 Å². The second kappa shape index (κ2) is 6.38. The van der Waals surface area contributed by atoms with Crippen LogP contribution in [-0.2, 0) is 4.79 Å². The molecule has 4 nitrogen and oxygen atoms in total. The molecule has 1 aromatic carbocycles. The molecule has 1 N–H and O–H groups in total. The summed E-state index contributed by atoms with van der Waals surface area (Å²) >= 11 is 0. The van der Waals surface area contributed by atoms with Crippen molar-refractivity contribution in [3.63, 3.8) is 0 Å². The molecule has 0 saturated carbocycles. The summed E-state index contributed by atoms with van der Waals surface area (Å²) in [5.74, 6) is -0.0569. The van der Waals surface area contributed by atoms with E-state index in [1.165, 1.54) is 13.0 Å². The number of carbonyl (C=O) groups excluding carboxylic acids is 1. The monoisotopic (exact) mass is 275 g/mol. The van der Waals surface area contributed by atoms with Gasteiger partial charge in [0.1, 0.15) is 5.82 Å². The maximum atomic E-state index is 14.0. The van der Waals surface area contributed by atoms with Gasteiger partial charge in [-0.25, -0.2) is 4.39 Å². The van der Waals surface area contributed by atoms with Crippen LogP contribution in [0.15, 0.2) is 18.2 Å². The fourth-order valence-corrected chi connectivity index (χ4v) is 2.57. The van der Waals surface area contributed by atoms with Crippen LogP contribution in [0.5, 0.6) is 0 Å². The summed E-state index contributed by atoms with van der Waals surface area (Å²) in [4.78, 5) is 12.9. The Hall–Kier alpha value is -2.09. The first kappa shape index (κ1) is 14.3. The summed E-state index contributed by atoms with van der Waals surface area (Å²) in [5.41, 5.74) is 0.870. The van der Waals surface area contributed by atoms with Gasteiger partial charge in [0.2, 0.25) is 5.91 Å². The first-order valence-corrected chi connectivity index (χ1v) is 6.79. The van der Waals surface area contributed by atoms with Crippen LogP contribution in [0.25, 0.3) is 0 Å². The quantitative estimate of drug-likeness (QED) is 0.918. The number of hydrogen-bond donors (Lipinski definition) is 1. The minimum atomic E-state index is -0.357. The molecule has 1 amide bonds. The van der Waals surface area contributed by atoms with Gasteiger partial charge in [0.25, 0.3) is 0 Å². The molecule has 1 aromatic rings. The van der Waals surface area contributed by atoms with Gasteiger partial charge < -0.3 is 10.2 Å². The van der Waals surface area contributed by atoms with Crippen molar-refractivity contribution >= 4 is 11.6 Å². The van der Waals surface area contributed by atoms with Crippen molar-refractivity contribution in [1.82, 2.24) is 5.32 Å². The maximum absolute atomic E-state index is 14.0. The van der Waals surface area contributed by atoms with Crippen molar-refractivity contribution in [1.29, 1.82) is 5.26 Å². The van der Waals surface area contributed by atoms with Gasteiger partial charge in [0.15, 0.2) is 0 Å². The molecule has 0 radical (unpaired) electrons. The molecule has 1 heterocycles. The molecule has 5 heteroatoms. The number of halogens is 1. The number of nitriles is 1. The Morgan fingerprint density at radius 2 is 2.40 bits per heavy atom. The molecule has 0 aliphatic carbocycles. The lowest BCUT2D eigenvalue weighted by Gasteiger charge is -2.34. The summed E-state index contributed by atoms with van der Waals surface area (Å²) < 4.78 is 14.0. The van der Waals surface area contributed by atoms with Gasteiger partial charge >= 0.3 is 0 Å². The van der Waals surface area contributed by atoms with E-state index in [9.17, 15) is 9.18 Å². The molecule has 1 unspecified atom stereocenters. The molecule has 1 aliphatic rings. The lowest BCUT2D eigenvalue weighted by Crippen LogP contribution is -2.40. The second-order valence-corrected chi connectivity index (χ2v) is 5.17. The number of piperidine rings is 1. The number of hydrogen-bond acceptors (Lipinski definition) is 3.